The predicted octanol–water partition coefficient (Wildman–Crippen LogP) is 1.20. The first-order chi connectivity index (χ1) is 11.4. The van der Waals surface area contributed by atoms with Crippen molar-refractivity contribution in [3.63, 3.8) is 0 Å². The Morgan fingerprint density at radius 2 is 2.00 bits per heavy atom. The Labute approximate surface area is 138 Å². The van der Waals surface area contributed by atoms with Crippen LogP contribution in [0, 0.1) is 5.82 Å². The van der Waals surface area contributed by atoms with Crippen LogP contribution in [0.1, 0.15) is 24.3 Å². The van der Waals surface area contributed by atoms with Gasteiger partial charge in [-0.1, -0.05) is 12.1 Å². The van der Waals surface area contributed by atoms with Gasteiger partial charge in [0.2, 0.25) is 0 Å². The SMILES string of the molecule is CC1(C)CN(C(=O)c2ccc(=O)n(-c3ccccc3F)n2)CCN1. The number of hydrogen-bond donors (Lipinski definition) is 1. The van der Waals surface area contributed by atoms with Gasteiger partial charge in [-0.2, -0.15) is 9.78 Å². The van der Waals surface area contributed by atoms with Crippen molar-refractivity contribution < 1.29 is 9.18 Å². The van der Waals surface area contributed by atoms with Crippen molar-refractivity contribution >= 4 is 5.91 Å². The molecule has 2 heterocycles. The third-order valence-corrected chi connectivity index (χ3v) is 3.96. The molecule has 0 saturated carbocycles. The second kappa shape index (κ2) is 6.16. The van der Waals surface area contributed by atoms with Gasteiger partial charge in [-0.15, -0.1) is 0 Å². The minimum absolute atomic E-state index is 0.0257. The van der Waals surface area contributed by atoms with Crippen molar-refractivity contribution in [3.8, 4) is 5.69 Å². The van der Waals surface area contributed by atoms with Crippen molar-refractivity contribution in [2.75, 3.05) is 19.6 Å². The van der Waals surface area contributed by atoms with Gasteiger partial charge in [0.15, 0.2) is 0 Å². The lowest BCUT2D eigenvalue weighted by molar-refractivity contribution is 0.0644. The molecule has 1 fully saturated rings. The number of rotatable bonds is 2. The standard InChI is InChI=1S/C17H19FN4O2/c1-17(2)11-21(10-9-19-17)16(24)13-7-8-15(23)22(20-13)14-6-4-3-5-12(14)18/h3-8,19H,9-11H2,1-2H3. The molecular formula is C17H19FN4O2. The lowest BCUT2D eigenvalue weighted by Gasteiger charge is -2.38. The summed E-state index contributed by atoms with van der Waals surface area (Å²) in [6.45, 7) is 5.81. The molecule has 0 unspecified atom stereocenters. The van der Waals surface area contributed by atoms with Gasteiger partial charge in [0, 0.05) is 31.2 Å². The molecule has 6 nitrogen and oxygen atoms in total. The Morgan fingerprint density at radius 1 is 1.25 bits per heavy atom. The summed E-state index contributed by atoms with van der Waals surface area (Å²) in [6, 6.07) is 8.46. The number of nitrogens with zero attached hydrogens (tertiary/aromatic N) is 3. The first-order valence-electron chi connectivity index (χ1n) is 7.77. The van der Waals surface area contributed by atoms with Crippen LogP contribution in [0.15, 0.2) is 41.2 Å². The highest BCUT2D eigenvalue weighted by Crippen LogP contribution is 2.14. The predicted molar refractivity (Wildman–Crippen MR) is 87.8 cm³/mol. The van der Waals surface area contributed by atoms with Crippen LogP contribution in [0.3, 0.4) is 0 Å². The van der Waals surface area contributed by atoms with Crippen LogP contribution < -0.4 is 10.9 Å². The summed E-state index contributed by atoms with van der Waals surface area (Å²) in [7, 11) is 0. The molecule has 126 valence electrons. The highest BCUT2D eigenvalue weighted by atomic mass is 19.1. The summed E-state index contributed by atoms with van der Waals surface area (Å²) < 4.78 is 14.9. The van der Waals surface area contributed by atoms with Crippen molar-refractivity contribution in [1.82, 2.24) is 20.0 Å². The van der Waals surface area contributed by atoms with E-state index in [1.165, 1.54) is 30.3 Å². The summed E-state index contributed by atoms with van der Waals surface area (Å²) >= 11 is 0. The number of carbonyl (C=O) groups excluding carboxylic acids is 1. The lowest BCUT2D eigenvalue weighted by Crippen LogP contribution is -2.58. The van der Waals surface area contributed by atoms with E-state index >= 15 is 0 Å². The van der Waals surface area contributed by atoms with E-state index in [-0.39, 0.29) is 22.8 Å². The molecule has 0 radical (unpaired) electrons. The first-order valence-corrected chi connectivity index (χ1v) is 7.77. The van der Waals surface area contributed by atoms with E-state index in [9.17, 15) is 14.0 Å². The van der Waals surface area contributed by atoms with Crippen molar-refractivity contribution in [2.45, 2.75) is 19.4 Å². The van der Waals surface area contributed by atoms with Crippen LogP contribution in [0.25, 0.3) is 5.69 Å². The zero-order valence-electron chi connectivity index (χ0n) is 13.6. The zero-order valence-corrected chi connectivity index (χ0v) is 13.6. The number of benzene rings is 1. The zero-order chi connectivity index (χ0) is 17.3. The molecule has 1 N–H and O–H groups in total. The van der Waals surface area contributed by atoms with Gasteiger partial charge in [-0.05, 0) is 32.0 Å². The fourth-order valence-electron chi connectivity index (χ4n) is 2.80. The summed E-state index contributed by atoms with van der Waals surface area (Å²) in [5.74, 6) is -0.838. The summed E-state index contributed by atoms with van der Waals surface area (Å²) in [4.78, 5) is 26.4. The summed E-state index contributed by atoms with van der Waals surface area (Å²) in [5.41, 5.74) is -0.529. The minimum atomic E-state index is -0.569. The molecule has 3 rings (SSSR count). The highest BCUT2D eigenvalue weighted by molar-refractivity contribution is 5.92. The van der Waals surface area contributed by atoms with Gasteiger partial charge in [-0.25, -0.2) is 4.39 Å². The molecule has 0 spiro atoms. The van der Waals surface area contributed by atoms with Gasteiger partial charge >= 0.3 is 0 Å². The number of halogens is 1. The number of amides is 1. The molecule has 7 heteroatoms. The Hall–Kier alpha value is -2.54. The van der Waals surface area contributed by atoms with Crippen LogP contribution in [-0.4, -0.2) is 45.8 Å². The maximum Gasteiger partial charge on any atom is 0.274 e. The molecule has 24 heavy (non-hydrogen) atoms. The van der Waals surface area contributed by atoms with E-state index in [1.54, 1.807) is 11.0 Å². The average Bonchev–Trinajstić information content (AvgIpc) is 2.54. The van der Waals surface area contributed by atoms with E-state index in [0.29, 0.717) is 19.6 Å². The Balaban J connectivity index is 1.96. The van der Waals surface area contributed by atoms with Crippen LogP contribution in [0.2, 0.25) is 0 Å². The third kappa shape index (κ3) is 3.21. The van der Waals surface area contributed by atoms with Gasteiger partial charge in [0.25, 0.3) is 11.5 Å². The maximum absolute atomic E-state index is 13.9. The second-order valence-electron chi connectivity index (χ2n) is 6.46. The van der Waals surface area contributed by atoms with Gasteiger partial charge in [0.05, 0.1) is 0 Å². The lowest BCUT2D eigenvalue weighted by atomic mass is 10.0. The van der Waals surface area contributed by atoms with Crippen LogP contribution in [-0.2, 0) is 0 Å². The van der Waals surface area contributed by atoms with Crippen molar-refractivity contribution in [3.05, 3.63) is 58.3 Å². The van der Waals surface area contributed by atoms with Crippen molar-refractivity contribution in [1.29, 1.82) is 0 Å². The highest BCUT2D eigenvalue weighted by Gasteiger charge is 2.30. The quantitative estimate of drug-likeness (QED) is 0.898. The fourth-order valence-corrected chi connectivity index (χ4v) is 2.80. The topological polar surface area (TPSA) is 67.2 Å². The van der Waals surface area contributed by atoms with Crippen molar-refractivity contribution in [2.24, 2.45) is 0 Å². The summed E-state index contributed by atoms with van der Waals surface area (Å²) in [6.07, 6.45) is 0. The number of para-hydroxylation sites is 1. The first kappa shape index (κ1) is 16.3. The van der Waals surface area contributed by atoms with Gasteiger partial charge < -0.3 is 10.2 Å². The number of nitrogens with one attached hydrogen (secondary N) is 1. The fraction of sp³-hybridized carbons (Fsp3) is 0.353. The second-order valence-corrected chi connectivity index (χ2v) is 6.46. The van der Waals surface area contributed by atoms with Crippen LogP contribution in [0.5, 0.6) is 0 Å². The molecule has 1 aromatic carbocycles. The average molecular weight is 330 g/mol. The molecule has 2 aromatic rings. The molecule has 1 aromatic heterocycles. The minimum Gasteiger partial charge on any atom is -0.334 e. The Kier molecular flexibility index (Phi) is 4.19. The molecule has 0 bridgehead atoms. The van der Waals surface area contributed by atoms with E-state index in [4.69, 9.17) is 0 Å². The smallest absolute Gasteiger partial charge is 0.274 e. The van der Waals surface area contributed by atoms with Crippen LogP contribution in [0.4, 0.5) is 4.39 Å². The van der Waals surface area contributed by atoms with E-state index in [1.807, 2.05) is 13.8 Å². The molecule has 1 saturated heterocycles. The molecule has 0 atom stereocenters. The number of aromatic nitrogens is 2. The summed E-state index contributed by atoms with van der Waals surface area (Å²) in [5, 5.41) is 7.41. The molecule has 0 aliphatic carbocycles. The monoisotopic (exact) mass is 330 g/mol. The Bertz CT molecular complexity index is 831. The molecule has 1 aliphatic rings. The van der Waals surface area contributed by atoms with E-state index in [2.05, 4.69) is 10.4 Å². The normalized spacial score (nSPS) is 16.9. The maximum atomic E-state index is 13.9. The largest absolute Gasteiger partial charge is 0.334 e. The van der Waals surface area contributed by atoms with E-state index in [0.717, 1.165) is 4.68 Å². The van der Waals surface area contributed by atoms with Gasteiger partial charge in [0.1, 0.15) is 17.2 Å². The third-order valence-electron chi connectivity index (χ3n) is 3.96. The molecule has 1 amide bonds. The number of hydrogen-bond acceptors (Lipinski definition) is 4. The van der Waals surface area contributed by atoms with Crippen LogP contribution >= 0.6 is 0 Å². The van der Waals surface area contributed by atoms with E-state index < -0.39 is 11.4 Å². The number of piperazine rings is 1. The van der Waals surface area contributed by atoms with Gasteiger partial charge in [-0.3, -0.25) is 9.59 Å². The molecular weight excluding hydrogens is 311 g/mol. The number of carbonyl (C=O) groups is 1. The Morgan fingerprint density at radius 3 is 2.71 bits per heavy atom. The molecule has 1 aliphatic heterocycles.